The second-order valence-corrected chi connectivity index (χ2v) is 6.86. The summed E-state index contributed by atoms with van der Waals surface area (Å²) in [5.41, 5.74) is 9.57. The van der Waals surface area contributed by atoms with E-state index in [0.29, 0.717) is 16.8 Å². The van der Waals surface area contributed by atoms with Gasteiger partial charge in [-0.1, -0.05) is 24.3 Å². The molecule has 0 fully saturated rings. The number of anilines is 1. The van der Waals surface area contributed by atoms with Gasteiger partial charge in [-0.05, 0) is 68.9 Å². The number of nitrogens with zero attached hydrogens (tertiary/aromatic N) is 1. The standard InChI is InChI=1S/C21H21FN4OS/c1-13-9-10-16(12-19(13)22)23-21(28)25-24-20(27)18-11-14(2)26(15(18)3)17-7-5-4-6-8-17/h4-12H,1-3H3,(H,24,27)(H2,23,25,28). The van der Waals surface area contributed by atoms with Gasteiger partial charge in [0.25, 0.3) is 5.91 Å². The van der Waals surface area contributed by atoms with E-state index < -0.39 is 0 Å². The zero-order chi connectivity index (χ0) is 20.3. The molecule has 7 heteroatoms. The second kappa shape index (κ2) is 8.22. The number of aryl methyl sites for hydroxylation is 2. The van der Waals surface area contributed by atoms with Gasteiger partial charge in [-0.25, -0.2) is 4.39 Å². The number of hydrogen-bond donors (Lipinski definition) is 3. The van der Waals surface area contributed by atoms with Crippen molar-refractivity contribution in [2.75, 3.05) is 5.32 Å². The van der Waals surface area contributed by atoms with E-state index in [1.54, 1.807) is 19.1 Å². The maximum atomic E-state index is 13.6. The van der Waals surface area contributed by atoms with Crippen molar-refractivity contribution in [1.29, 1.82) is 0 Å². The van der Waals surface area contributed by atoms with Crippen molar-refractivity contribution in [2.45, 2.75) is 20.8 Å². The van der Waals surface area contributed by atoms with Gasteiger partial charge in [0.2, 0.25) is 0 Å². The second-order valence-electron chi connectivity index (χ2n) is 6.45. The van der Waals surface area contributed by atoms with Crippen LogP contribution in [0, 0.1) is 26.6 Å². The Labute approximate surface area is 168 Å². The average Bonchev–Trinajstić information content (AvgIpc) is 2.98. The molecule has 3 rings (SSSR count). The van der Waals surface area contributed by atoms with Gasteiger partial charge in [-0.3, -0.25) is 15.6 Å². The number of aromatic nitrogens is 1. The summed E-state index contributed by atoms with van der Waals surface area (Å²) in [6.45, 7) is 5.52. The monoisotopic (exact) mass is 396 g/mol. The van der Waals surface area contributed by atoms with E-state index in [1.807, 2.05) is 54.8 Å². The van der Waals surface area contributed by atoms with E-state index in [-0.39, 0.29) is 16.8 Å². The Bertz CT molecular complexity index is 1030. The lowest BCUT2D eigenvalue weighted by Gasteiger charge is -2.13. The van der Waals surface area contributed by atoms with Crippen molar-refractivity contribution in [3.63, 3.8) is 0 Å². The summed E-state index contributed by atoms with van der Waals surface area (Å²) < 4.78 is 15.6. The Kier molecular flexibility index (Phi) is 5.75. The largest absolute Gasteiger partial charge is 0.331 e. The third-order valence-corrected chi connectivity index (χ3v) is 4.61. The molecule has 3 aromatic rings. The minimum atomic E-state index is -0.329. The van der Waals surface area contributed by atoms with Gasteiger partial charge in [0, 0.05) is 22.8 Å². The van der Waals surface area contributed by atoms with Gasteiger partial charge in [-0.15, -0.1) is 0 Å². The number of carbonyl (C=O) groups excluding carboxylic acids is 1. The number of halogens is 1. The smallest absolute Gasteiger partial charge is 0.271 e. The fourth-order valence-electron chi connectivity index (χ4n) is 2.98. The number of hydrogen-bond acceptors (Lipinski definition) is 2. The first-order valence-electron chi connectivity index (χ1n) is 8.74. The highest BCUT2D eigenvalue weighted by Gasteiger charge is 2.16. The van der Waals surface area contributed by atoms with Crippen LogP contribution in [0.3, 0.4) is 0 Å². The summed E-state index contributed by atoms with van der Waals surface area (Å²) in [5.74, 6) is -0.639. The van der Waals surface area contributed by atoms with E-state index in [4.69, 9.17) is 12.2 Å². The molecule has 0 aliphatic rings. The summed E-state index contributed by atoms with van der Waals surface area (Å²) in [6, 6.07) is 16.4. The highest BCUT2D eigenvalue weighted by Crippen LogP contribution is 2.20. The number of hydrazine groups is 1. The molecule has 0 saturated carbocycles. The van der Waals surface area contributed by atoms with Crippen LogP contribution in [0.15, 0.2) is 54.6 Å². The Morgan fingerprint density at radius 2 is 1.71 bits per heavy atom. The lowest BCUT2D eigenvalue weighted by Crippen LogP contribution is -2.43. The Morgan fingerprint density at radius 3 is 2.39 bits per heavy atom. The van der Waals surface area contributed by atoms with Crippen molar-refractivity contribution >= 4 is 28.9 Å². The molecule has 1 aromatic heterocycles. The molecule has 144 valence electrons. The highest BCUT2D eigenvalue weighted by molar-refractivity contribution is 7.80. The number of amides is 1. The normalized spacial score (nSPS) is 10.4. The van der Waals surface area contributed by atoms with E-state index in [0.717, 1.165) is 17.1 Å². The van der Waals surface area contributed by atoms with Crippen LogP contribution in [0.25, 0.3) is 5.69 Å². The van der Waals surface area contributed by atoms with Gasteiger partial charge in [0.05, 0.1) is 5.56 Å². The highest BCUT2D eigenvalue weighted by atomic mass is 32.1. The fraction of sp³-hybridized carbons (Fsp3) is 0.143. The molecule has 0 unspecified atom stereocenters. The van der Waals surface area contributed by atoms with Crippen LogP contribution in [-0.2, 0) is 0 Å². The molecule has 3 N–H and O–H groups in total. The molecule has 2 aromatic carbocycles. The van der Waals surface area contributed by atoms with Crippen LogP contribution in [0.4, 0.5) is 10.1 Å². The van der Waals surface area contributed by atoms with Gasteiger partial charge in [-0.2, -0.15) is 0 Å². The van der Waals surface area contributed by atoms with Crippen LogP contribution in [-0.4, -0.2) is 15.6 Å². The third-order valence-electron chi connectivity index (χ3n) is 4.41. The molecule has 0 spiro atoms. The van der Waals surface area contributed by atoms with Crippen LogP contribution in [0.2, 0.25) is 0 Å². The number of benzene rings is 2. The molecular weight excluding hydrogens is 375 g/mol. The van der Waals surface area contributed by atoms with Crippen molar-refractivity contribution < 1.29 is 9.18 Å². The van der Waals surface area contributed by atoms with E-state index in [1.165, 1.54) is 6.07 Å². The molecule has 1 amide bonds. The van der Waals surface area contributed by atoms with Crippen LogP contribution >= 0.6 is 12.2 Å². The summed E-state index contributed by atoms with van der Waals surface area (Å²) in [4.78, 5) is 12.6. The number of para-hydroxylation sites is 1. The van der Waals surface area contributed by atoms with Crippen LogP contribution in [0.5, 0.6) is 0 Å². The molecule has 0 saturated heterocycles. The minimum Gasteiger partial charge on any atom is -0.331 e. The zero-order valence-electron chi connectivity index (χ0n) is 15.8. The quantitative estimate of drug-likeness (QED) is 0.459. The average molecular weight is 396 g/mol. The first-order valence-corrected chi connectivity index (χ1v) is 9.15. The van der Waals surface area contributed by atoms with Crippen molar-refractivity contribution in [3.05, 3.63) is 82.9 Å². The number of thiocarbonyl (C=S) groups is 1. The maximum absolute atomic E-state index is 13.6. The molecule has 1 heterocycles. The molecular formula is C21H21FN4OS. The van der Waals surface area contributed by atoms with Crippen molar-refractivity contribution in [2.24, 2.45) is 0 Å². The summed E-state index contributed by atoms with van der Waals surface area (Å²) >= 11 is 5.16. The van der Waals surface area contributed by atoms with Crippen molar-refractivity contribution in [3.8, 4) is 5.69 Å². The topological polar surface area (TPSA) is 58.1 Å². The minimum absolute atomic E-state index is 0.161. The SMILES string of the molecule is Cc1ccc(NC(=S)NNC(=O)c2cc(C)n(-c3ccccc3)c2C)cc1F. The van der Waals surface area contributed by atoms with Crippen LogP contribution < -0.4 is 16.2 Å². The molecule has 28 heavy (non-hydrogen) atoms. The maximum Gasteiger partial charge on any atom is 0.271 e. The Hall–Kier alpha value is -3.19. The zero-order valence-corrected chi connectivity index (χ0v) is 16.7. The fourth-order valence-corrected chi connectivity index (χ4v) is 3.15. The molecule has 5 nitrogen and oxygen atoms in total. The number of nitrogens with one attached hydrogen (secondary N) is 3. The first-order chi connectivity index (χ1) is 13.4. The van der Waals surface area contributed by atoms with E-state index in [9.17, 15) is 9.18 Å². The van der Waals surface area contributed by atoms with E-state index >= 15 is 0 Å². The predicted molar refractivity (Wildman–Crippen MR) is 113 cm³/mol. The molecule has 0 bridgehead atoms. The Balaban J connectivity index is 1.67. The third kappa shape index (κ3) is 4.20. The van der Waals surface area contributed by atoms with Gasteiger partial charge < -0.3 is 9.88 Å². The summed E-state index contributed by atoms with van der Waals surface area (Å²) in [5, 5.41) is 2.99. The van der Waals surface area contributed by atoms with Crippen molar-refractivity contribution in [1.82, 2.24) is 15.4 Å². The van der Waals surface area contributed by atoms with Gasteiger partial charge >= 0.3 is 0 Å². The predicted octanol–water partition coefficient (Wildman–Crippen LogP) is 4.17. The number of carbonyl (C=O) groups is 1. The summed E-state index contributed by atoms with van der Waals surface area (Å²) in [7, 11) is 0. The molecule has 0 atom stereocenters. The van der Waals surface area contributed by atoms with E-state index in [2.05, 4.69) is 16.2 Å². The lowest BCUT2D eigenvalue weighted by atomic mass is 10.2. The Morgan fingerprint density at radius 1 is 1.00 bits per heavy atom. The molecule has 0 aliphatic heterocycles. The van der Waals surface area contributed by atoms with Gasteiger partial charge in [0.1, 0.15) is 5.82 Å². The number of rotatable bonds is 3. The summed E-state index contributed by atoms with van der Waals surface area (Å²) in [6.07, 6.45) is 0. The lowest BCUT2D eigenvalue weighted by molar-refractivity contribution is 0.0943. The first kappa shape index (κ1) is 19.6. The van der Waals surface area contributed by atoms with Crippen LogP contribution in [0.1, 0.15) is 27.3 Å². The van der Waals surface area contributed by atoms with Gasteiger partial charge in [0.15, 0.2) is 5.11 Å². The molecule has 0 aliphatic carbocycles. The molecule has 0 radical (unpaired) electrons.